The van der Waals surface area contributed by atoms with E-state index in [1.54, 1.807) is 38.4 Å². The van der Waals surface area contributed by atoms with Crippen molar-refractivity contribution in [2.45, 2.75) is 6.54 Å². The third kappa shape index (κ3) is 5.20. The van der Waals surface area contributed by atoms with Crippen LogP contribution in [0.2, 0.25) is 0 Å². The molecule has 2 N–H and O–H groups in total. The van der Waals surface area contributed by atoms with Crippen LogP contribution < -0.4 is 35.3 Å². The topological polar surface area (TPSA) is 118 Å². The Morgan fingerprint density at radius 2 is 1.61 bits per heavy atom. The van der Waals surface area contributed by atoms with Gasteiger partial charge in [0.05, 0.1) is 40.7 Å². The molecule has 0 aliphatic rings. The van der Waals surface area contributed by atoms with Crippen LogP contribution in [0.25, 0.3) is 11.4 Å². The minimum Gasteiger partial charge on any atom is -0.497 e. The maximum Gasteiger partial charge on any atom is 0.345 e. The van der Waals surface area contributed by atoms with Gasteiger partial charge in [-0.05, 0) is 24.3 Å². The standard InChI is InChI=1S/C22H27N5O6/c1-26-20(14-6-8-16(30-2)9-7-14)25-27(22(26)29)11-10-23-21(28)24-15-12-17(31-3)19(33-5)18(13-15)32-4/h6-9,12-13H,10-11H2,1-5H3,(H2,23,24,28). The predicted molar refractivity (Wildman–Crippen MR) is 123 cm³/mol. The van der Waals surface area contributed by atoms with E-state index in [4.69, 9.17) is 18.9 Å². The third-order valence-corrected chi connectivity index (χ3v) is 4.92. The lowest BCUT2D eigenvalue weighted by molar-refractivity contribution is 0.251. The van der Waals surface area contributed by atoms with Gasteiger partial charge < -0.3 is 29.6 Å². The molecule has 1 heterocycles. The summed E-state index contributed by atoms with van der Waals surface area (Å²) in [7, 11) is 7.72. The van der Waals surface area contributed by atoms with Gasteiger partial charge in [-0.3, -0.25) is 4.57 Å². The van der Waals surface area contributed by atoms with Gasteiger partial charge in [0, 0.05) is 31.3 Å². The van der Waals surface area contributed by atoms with Crippen LogP contribution in [0.4, 0.5) is 10.5 Å². The van der Waals surface area contributed by atoms with E-state index in [-0.39, 0.29) is 18.8 Å². The Hall–Kier alpha value is -4.15. The van der Waals surface area contributed by atoms with Gasteiger partial charge in [-0.25, -0.2) is 14.3 Å². The summed E-state index contributed by atoms with van der Waals surface area (Å²) in [5.41, 5.74) is 0.953. The second-order valence-electron chi connectivity index (χ2n) is 6.91. The second kappa shape index (κ2) is 10.4. The number of anilines is 1. The summed E-state index contributed by atoms with van der Waals surface area (Å²) < 4.78 is 23.8. The van der Waals surface area contributed by atoms with E-state index in [0.717, 1.165) is 5.56 Å². The molecule has 0 atom stereocenters. The molecule has 176 valence electrons. The zero-order chi connectivity index (χ0) is 24.0. The Labute approximate surface area is 190 Å². The summed E-state index contributed by atoms with van der Waals surface area (Å²) in [4.78, 5) is 24.9. The Morgan fingerprint density at radius 1 is 0.970 bits per heavy atom. The monoisotopic (exact) mass is 457 g/mol. The average molecular weight is 457 g/mol. The van der Waals surface area contributed by atoms with E-state index in [1.165, 1.54) is 30.6 Å². The van der Waals surface area contributed by atoms with E-state index in [2.05, 4.69) is 15.7 Å². The van der Waals surface area contributed by atoms with E-state index < -0.39 is 6.03 Å². The molecule has 33 heavy (non-hydrogen) atoms. The van der Waals surface area contributed by atoms with Crippen LogP contribution in [-0.2, 0) is 13.6 Å². The first-order valence-corrected chi connectivity index (χ1v) is 10.0. The molecular weight excluding hydrogens is 430 g/mol. The molecule has 11 nitrogen and oxygen atoms in total. The van der Waals surface area contributed by atoms with Gasteiger partial charge in [0.15, 0.2) is 17.3 Å². The van der Waals surface area contributed by atoms with Crippen LogP contribution in [-0.4, -0.2) is 55.4 Å². The Balaban J connectivity index is 1.64. The first-order chi connectivity index (χ1) is 15.9. The van der Waals surface area contributed by atoms with Crippen LogP contribution in [0, 0.1) is 0 Å². The van der Waals surface area contributed by atoms with Crippen LogP contribution in [0.3, 0.4) is 0 Å². The number of ether oxygens (including phenoxy) is 4. The summed E-state index contributed by atoms with van der Waals surface area (Å²) in [5, 5.41) is 9.80. The summed E-state index contributed by atoms with van der Waals surface area (Å²) in [6, 6.07) is 10.0. The predicted octanol–water partition coefficient (Wildman–Crippen LogP) is 2.10. The van der Waals surface area contributed by atoms with Crippen molar-refractivity contribution in [3.05, 3.63) is 46.9 Å². The number of methoxy groups -OCH3 is 4. The molecule has 0 spiro atoms. The lowest BCUT2D eigenvalue weighted by Gasteiger charge is -2.14. The molecular formula is C22H27N5O6. The fraction of sp³-hybridized carbons (Fsp3) is 0.318. The van der Waals surface area contributed by atoms with Crippen molar-refractivity contribution in [3.63, 3.8) is 0 Å². The van der Waals surface area contributed by atoms with Crippen molar-refractivity contribution < 1.29 is 23.7 Å². The maximum atomic E-state index is 12.5. The van der Waals surface area contributed by atoms with Crippen LogP contribution in [0.1, 0.15) is 0 Å². The Morgan fingerprint density at radius 3 is 2.15 bits per heavy atom. The number of carbonyl (C=O) groups excluding carboxylic acids is 1. The average Bonchev–Trinajstić information content (AvgIpc) is 3.12. The number of amides is 2. The molecule has 0 saturated carbocycles. The van der Waals surface area contributed by atoms with Crippen molar-refractivity contribution in [2.75, 3.05) is 40.3 Å². The second-order valence-corrected chi connectivity index (χ2v) is 6.91. The molecule has 1 aromatic heterocycles. The number of carbonyl (C=O) groups is 1. The highest BCUT2D eigenvalue weighted by Crippen LogP contribution is 2.39. The normalized spacial score (nSPS) is 10.5. The van der Waals surface area contributed by atoms with Crippen LogP contribution in [0.5, 0.6) is 23.0 Å². The van der Waals surface area contributed by atoms with Gasteiger partial charge in [0.2, 0.25) is 5.75 Å². The minimum absolute atomic E-state index is 0.190. The molecule has 3 rings (SSSR count). The zero-order valence-corrected chi connectivity index (χ0v) is 19.2. The molecule has 0 saturated heterocycles. The molecule has 0 aliphatic heterocycles. The van der Waals surface area contributed by atoms with Gasteiger partial charge in [-0.15, -0.1) is 5.10 Å². The van der Waals surface area contributed by atoms with Gasteiger partial charge in [-0.1, -0.05) is 0 Å². The Bertz CT molecular complexity index is 1140. The minimum atomic E-state index is -0.455. The van der Waals surface area contributed by atoms with Crippen molar-refractivity contribution in [3.8, 4) is 34.4 Å². The smallest absolute Gasteiger partial charge is 0.345 e. The highest BCUT2D eigenvalue weighted by Gasteiger charge is 2.15. The van der Waals surface area contributed by atoms with Crippen molar-refractivity contribution in [2.24, 2.45) is 7.05 Å². The van der Waals surface area contributed by atoms with Crippen molar-refractivity contribution in [1.29, 1.82) is 0 Å². The number of urea groups is 1. The molecule has 11 heteroatoms. The number of benzene rings is 2. The highest BCUT2D eigenvalue weighted by molar-refractivity contribution is 5.90. The van der Waals surface area contributed by atoms with Gasteiger partial charge in [-0.2, -0.15) is 0 Å². The molecule has 0 unspecified atom stereocenters. The number of aromatic nitrogens is 3. The largest absolute Gasteiger partial charge is 0.497 e. The summed E-state index contributed by atoms with van der Waals surface area (Å²) in [5.74, 6) is 2.49. The van der Waals surface area contributed by atoms with Gasteiger partial charge >= 0.3 is 11.7 Å². The maximum absolute atomic E-state index is 12.5. The van der Waals surface area contributed by atoms with E-state index in [1.807, 2.05) is 12.1 Å². The fourth-order valence-corrected chi connectivity index (χ4v) is 3.23. The van der Waals surface area contributed by atoms with E-state index >= 15 is 0 Å². The van der Waals surface area contributed by atoms with Gasteiger partial charge in [0.25, 0.3) is 0 Å². The molecule has 0 aliphatic carbocycles. The summed E-state index contributed by atoms with van der Waals surface area (Å²) in [6.45, 7) is 0.390. The van der Waals surface area contributed by atoms with Crippen molar-refractivity contribution in [1.82, 2.24) is 19.7 Å². The molecule has 2 aromatic carbocycles. The van der Waals surface area contributed by atoms with Crippen LogP contribution in [0.15, 0.2) is 41.2 Å². The summed E-state index contributed by atoms with van der Waals surface area (Å²) >= 11 is 0. The number of nitrogens with one attached hydrogen (secondary N) is 2. The number of rotatable bonds is 9. The molecule has 3 aromatic rings. The molecule has 2 amide bonds. The van der Waals surface area contributed by atoms with Crippen LogP contribution >= 0.6 is 0 Å². The van der Waals surface area contributed by atoms with Gasteiger partial charge in [0.1, 0.15) is 5.75 Å². The fourth-order valence-electron chi connectivity index (χ4n) is 3.23. The first kappa shape index (κ1) is 23.5. The molecule has 0 fully saturated rings. The molecule has 0 radical (unpaired) electrons. The lowest BCUT2D eigenvalue weighted by Crippen LogP contribution is -2.34. The highest BCUT2D eigenvalue weighted by atomic mass is 16.5. The first-order valence-electron chi connectivity index (χ1n) is 10.0. The number of hydrogen-bond acceptors (Lipinski definition) is 7. The van der Waals surface area contributed by atoms with E-state index in [0.29, 0.717) is 34.5 Å². The zero-order valence-electron chi connectivity index (χ0n) is 19.2. The molecule has 0 bridgehead atoms. The number of hydrogen-bond donors (Lipinski definition) is 2. The summed E-state index contributed by atoms with van der Waals surface area (Å²) in [6.07, 6.45) is 0. The third-order valence-electron chi connectivity index (χ3n) is 4.92. The SMILES string of the molecule is COc1ccc(-c2nn(CCNC(=O)Nc3cc(OC)c(OC)c(OC)c3)c(=O)n2C)cc1. The lowest BCUT2D eigenvalue weighted by atomic mass is 10.2. The quantitative estimate of drug-likeness (QED) is 0.505. The van der Waals surface area contributed by atoms with Crippen molar-refractivity contribution >= 4 is 11.7 Å². The Kier molecular flexibility index (Phi) is 7.44. The van der Waals surface area contributed by atoms with E-state index in [9.17, 15) is 9.59 Å². The number of nitrogens with zero attached hydrogens (tertiary/aromatic N) is 3.